The lowest BCUT2D eigenvalue weighted by molar-refractivity contribution is 0.318. The Morgan fingerprint density at radius 1 is 0.976 bits per heavy atom. The second-order valence-corrected chi connectivity index (χ2v) is 12.6. The predicted octanol–water partition coefficient (Wildman–Crippen LogP) is 4.10. The van der Waals surface area contributed by atoms with E-state index in [-0.39, 0.29) is 16.3 Å². The zero-order valence-electron chi connectivity index (χ0n) is 23.8. The van der Waals surface area contributed by atoms with Crippen molar-refractivity contribution in [2.75, 3.05) is 39.8 Å². The number of nitrogens with one attached hydrogen (secondary N) is 1. The summed E-state index contributed by atoms with van der Waals surface area (Å²) in [7, 11) is -1.77. The van der Waals surface area contributed by atoms with Crippen LogP contribution in [-0.2, 0) is 16.6 Å². The first kappa shape index (κ1) is 28.1. The van der Waals surface area contributed by atoms with Gasteiger partial charge in [-0.25, -0.2) is 18.4 Å². The lowest BCUT2D eigenvalue weighted by Gasteiger charge is -2.21. The first-order chi connectivity index (χ1) is 20.3. The number of ether oxygens (including phenoxy) is 1. The molecule has 1 N–H and O–H groups in total. The predicted molar refractivity (Wildman–Crippen MR) is 163 cm³/mol. The smallest absolute Gasteiger partial charge is 0.259 e. The molecule has 0 aliphatic carbocycles. The number of fused-ring (bicyclic) bond motifs is 2. The fraction of sp³-hybridized carbons (Fsp3) is 0.323. The van der Waals surface area contributed by atoms with Crippen LogP contribution in [0.5, 0.6) is 5.75 Å². The van der Waals surface area contributed by atoms with Crippen molar-refractivity contribution in [2.45, 2.75) is 31.2 Å². The minimum absolute atomic E-state index is 0.142. The summed E-state index contributed by atoms with van der Waals surface area (Å²) in [5, 5.41) is 0.426. The Balaban J connectivity index is 1.42. The van der Waals surface area contributed by atoms with E-state index in [0.717, 1.165) is 30.5 Å². The lowest BCUT2D eigenvalue weighted by Crippen LogP contribution is -2.34. The van der Waals surface area contributed by atoms with E-state index in [1.165, 1.54) is 4.31 Å². The molecule has 0 spiro atoms. The number of imidazole rings is 1. The van der Waals surface area contributed by atoms with Gasteiger partial charge in [0.05, 0.1) is 45.3 Å². The first-order valence-corrected chi connectivity index (χ1v) is 15.7. The Morgan fingerprint density at radius 2 is 1.81 bits per heavy atom. The molecule has 0 unspecified atom stereocenters. The van der Waals surface area contributed by atoms with Gasteiger partial charge in [-0.3, -0.25) is 4.79 Å². The molecule has 5 aromatic rings. The molecule has 0 bridgehead atoms. The minimum Gasteiger partial charge on any atom is -0.493 e. The second kappa shape index (κ2) is 11.7. The Labute approximate surface area is 244 Å². The number of hydrogen-bond acceptors (Lipinski definition) is 7. The largest absolute Gasteiger partial charge is 0.493 e. The van der Waals surface area contributed by atoms with E-state index in [1.807, 2.05) is 54.9 Å². The van der Waals surface area contributed by atoms with Crippen LogP contribution < -0.4 is 10.3 Å². The van der Waals surface area contributed by atoms with Crippen LogP contribution in [0, 0.1) is 0 Å². The Hall–Kier alpha value is -4.06. The van der Waals surface area contributed by atoms with Crippen LogP contribution in [0.15, 0.2) is 76.7 Å². The van der Waals surface area contributed by atoms with Crippen LogP contribution in [0.25, 0.3) is 33.3 Å². The average molecular weight is 587 g/mol. The van der Waals surface area contributed by atoms with Gasteiger partial charge in [0.2, 0.25) is 10.0 Å². The molecule has 1 aliphatic heterocycles. The standard InChI is InChI=1S/C31H34N6O4S/c1-3-16-41-29-11-10-23(42(39,40)37-13-7-12-35(2)14-15-37)17-25(29)30-33-26-19-27-28(18-24(26)31(38)34-30)36(21-32-27)20-22-8-5-4-6-9-22/h4-6,8-11,17-19,21H,3,7,12-16,20H2,1-2H3,(H,33,34,38). The topological polar surface area (TPSA) is 113 Å². The molecule has 0 saturated carbocycles. The maximum Gasteiger partial charge on any atom is 0.259 e. The molecule has 1 fully saturated rings. The van der Waals surface area contributed by atoms with Gasteiger partial charge in [-0.15, -0.1) is 0 Å². The van der Waals surface area contributed by atoms with E-state index in [0.29, 0.717) is 60.5 Å². The van der Waals surface area contributed by atoms with Crippen molar-refractivity contribution in [2.24, 2.45) is 0 Å². The van der Waals surface area contributed by atoms with Crippen molar-refractivity contribution in [3.63, 3.8) is 0 Å². The number of benzene rings is 3. The molecule has 10 nitrogen and oxygen atoms in total. The lowest BCUT2D eigenvalue weighted by atomic mass is 10.1. The van der Waals surface area contributed by atoms with Crippen LogP contribution in [0.4, 0.5) is 0 Å². The molecule has 6 rings (SSSR count). The summed E-state index contributed by atoms with van der Waals surface area (Å²) in [6.07, 6.45) is 3.29. The number of nitrogens with zero attached hydrogens (tertiary/aromatic N) is 5. The summed E-state index contributed by atoms with van der Waals surface area (Å²) in [6.45, 7) is 5.44. The molecule has 42 heavy (non-hydrogen) atoms. The van der Waals surface area contributed by atoms with Crippen molar-refractivity contribution < 1.29 is 13.2 Å². The molecule has 2 aromatic heterocycles. The van der Waals surface area contributed by atoms with Gasteiger partial charge in [0.1, 0.15) is 11.6 Å². The molecular weight excluding hydrogens is 552 g/mol. The monoisotopic (exact) mass is 586 g/mol. The zero-order chi connectivity index (χ0) is 29.3. The first-order valence-electron chi connectivity index (χ1n) is 14.2. The van der Waals surface area contributed by atoms with Gasteiger partial charge in [0, 0.05) is 26.2 Å². The van der Waals surface area contributed by atoms with Crippen molar-refractivity contribution in [1.29, 1.82) is 0 Å². The maximum absolute atomic E-state index is 13.7. The second-order valence-electron chi connectivity index (χ2n) is 10.7. The summed E-state index contributed by atoms with van der Waals surface area (Å²) < 4.78 is 36.9. The van der Waals surface area contributed by atoms with Gasteiger partial charge in [-0.1, -0.05) is 37.3 Å². The van der Waals surface area contributed by atoms with Crippen molar-refractivity contribution in [3.05, 3.63) is 82.9 Å². The van der Waals surface area contributed by atoms with E-state index in [1.54, 1.807) is 30.6 Å². The number of hydrogen-bond donors (Lipinski definition) is 1. The molecule has 0 amide bonds. The number of sulfonamides is 1. The van der Waals surface area contributed by atoms with Crippen LogP contribution in [0.1, 0.15) is 25.3 Å². The van der Waals surface area contributed by atoms with Gasteiger partial charge < -0.3 is 19.2 Å². The van der Waals surface area contributed by atoms with Gasteiger partial charge in [0.25, 0.3) is 5.56 Å². The number of aromatic nitrogens is 4. The molecule has 0 radical (unpaired) electrons. The normalized spacial score (nSPS) is 15.3. The molecule has 11 heteroatoms. The fourth-order valence-corrected chi connectivity index (χ4v) is 6.83. The van der Waals surface area contributed by atoms with Gasteiger partial charge in [-0.05, 0) is 62.3 Å². The highest BCUT2D eigenvalue weighted by Gasteiger charge is 2.28. The van der Waals surface area contributed by atoms with E-state index < -0.39 is 10.0 Å². The van der Waals surface area contributed by atoms with Crippen molar-refractivity contribution >= 4 is 32.0 Å². The molecule has 0 atom stereocenters. The summed E-state index contributed by atoms with van der Waals surface area (Å²) >= 11 is 0. The number of rotatable bonds is 8. The third kappa shape index (κ3) is 5.55. The maximum atomic E-state index is 13.7. The van der Waals surface area contributed by atoms with Crippen LogP contribution in [0.3, 0.4) is 0 Å². The van der Waals surface area contributed by atoms with E-state index in [2.05, 4.69) is 14.9 Å². The zero-order valence-corrected chi connectivity index (χ0v) is 24.6. The highest BCUT2D eigenvalue weighted by molar-refractivity contribution is 7.89. The van der Waals surface area contributed by atoms with Gasteiger partial charge in [-0.2, -0.15) is 4.31 Å². The summed E-state index contributed by atoms with van der Waals surface area (Å²) in [5.74, 6) is 0.705. The minimum atomic E-state index is -3.76. The molecular formula is C31H34N6O4S. The van der Waals surface area contributed by atoms with Crippen molar-refractivity contribution in [3.8, 4) is 17.1 Å². The Morgan fingerprint density at radius 3 is 2.62 bits per heavy atom. The number of H-pyrrole nitrogens is 1. The summed E-state index contributed by atoms with van der Waals surface area (Å²) in [6, 6.07) is 18.4. The quantitative estimate of drug-likeness (QED) is 0.291. The van der Waals surface area contributed by atoms with Crippen molar-refractivity contribution in [1.82, 2.24) is 28.7 Å². The summed E-state index contributed by atoms with van der Waals surface area (Å²) in [5.41, 5.74) is 3.24. The highest BCUT2D eigenvalue weighted by atomic mass is 32.2. The van der Waals surface area contributed by atoms with Gasteiger partial charge >= 0.3 is 0 Å². The number of likely N-dealkylation sites (N-methyl/N-ethyl adjacent to an activating group) is 1. The third-order valence-corrected chi connectivity index (χ3v) is 9.52. The highest BCUT2D eigenvalue weighted by Crippen LogP contribution is 2.32. The van der Waals surface area contributed by atoms with E-state index >= 15 is 0 Å². The Kier molecular flexibility index (Phi) is 7.80. The third-order valence-electron chi connectivity index (χ3n) is 7.63. The van der Waals surface area contributed by atoms with E-state index in [9.17, 15) is 13.2 Å². The van der Waals surface area contributed by atoms with Crippen LogP contribution in [-0.4, -0.2) is 77.0 Å². The Bertz CT molecular complexity index is 1900. The average Bonchev–Trinajstić information content (AvgIpc) is 3.23. The van der Waals surface area contributed by atoms with Crippen LogP contribution >= 0.6 is 0 Å². The fourth-order valence-electron chi connectivity index (χ4n) is 5.33. The molecule has 1 saturated heterocycles. The molecule has 218 valence electrons. The summed E-state index contributed by atoms with van der Waals surface area (Å²) in [4.78, 5) is 27.9. The molecule has 3 aromatic carbocycles. The van der Waals surface area contributed by atoms with Gasteiger partial charge in [0.15, 0.2) is 0 Å². The SMILES string of the molecule is CCCOc1ccc(S(=O)(=O)N2CCCN(C)CC2)cc1-c1nc2cc3ncn(Cc4ccccc4)c3cc2c(=O)[nH]1. The molecule has 3 heterocycles. The molecule has 1 aliphatic rings. The number of aromatic amines is 1. The van der Waals surface area contributed by atoms with Crippen LogP contribution in [0.2, 0.25) is 0 Å². The van der Waals surface area contributed by atoms with E-state index in [4.69, 9.17) is 9.72 Å².